The molecule has 1 N–H and O–H groups in total. The van der Waals surface area contributed by atoms with E-state index in [9.17, 15) is 9.90 Å². The van der Waals surface area contributed by atoms with Crippen molar-refractivity contribution < 1.29 is 23.4 Å². The molecular formula is C21H23F2N5O3S. The number of ether oxygens (including phenoxy) is 1. The molecular weight excluding hydrogens is 440 g/mol. The summed E-state index contributed by atoms with van der Waals surface area (Å²) < 4.78 is 36.3. The quantitative estimate of drug-likeness (QED) is 0.428. The first-order chi connectivity index (χ1) is 15.0. The Bertz CT molecular complexity index is 1060. The van der Waals surface area contributed by atoms with Gasteiger partial charge in [-0.05, 0) is 56.8 Å². The van der Waals surface area contributed by atoms with E-state index in [4.69, 9.17) is 4.74 Å². The molecule has 0 aliphatic carbocycles. The normalized spacial score (nSPS) is 13.0. The van der Waals surface area contributed by atoms with E-state index in [2.05, 4.69) is 15.2 Å². The molecule has 170 valence electrons. The van der Waals surface area contributed by atoms with Gasteiger partial charge in [0.2, 0.25) is 11.4 Å². The predicted molar refractivity (Wildman–Crippen MR) is 117 cm³/mol. The number of halogens is 2. The number of benzene rings is 1. The smallest absolute Gasteiger partial charge is 0.422 e. The summed E-state index contributed by atoms with van der Waals surface area (Å²) in [4.78, 5) is 17.9. The van der Waals surface area contributed by atoms with Crippen LogP contribution in [0.1, 0.15) is 20.8 Å². The highest BCUT2D eigenvalue weighted by Gasteiger charge is 2.45. The molecule has 2 heterocycles. The molecule has 0 radical (unpaired) electrons. The van der Waals surface area contributed by atoms with Gasteiger partial charge in [-0.2, -0.15) is 8.78 Å². The zero-order chi connectivity index (χ0) is 23.5. The fourth-order valence-corrected chi connectivity index (χ4v) is 3.54. The van der Waals surface area contributed by atoms with Gasteiger partial charge >= 0.3 is 11.3 Å². The second-order valence-electron chi connectivity index (χ2n) is 7.85. The fourth-order valence-electron chi connectivity index (χ4n) is 2.69. The van der Waals surface area contributed by atoms with E-state index in [0.717, 1.165) is 9.47 Å². The summed E-state index contributed by atoms with van der Waals surface area (Å²) in [5.41, 5.74) is -0.0988. The molecule has 1 aromatic carbocycles. The van der Waals surface area contributed by atoms with Crippen molar-refractivity contribution in [1.82, 2.24) is 19.7 Å². The van der Waals surface area contributed by atoms with Gasteiger partial charge in [0.1, 0.15) is 5.60 Å². The number of thioether (sulfide) groups is 1. The maximum Gasteiger partial charge on any atom is 0.422 e. The number of carbonyl (C=O) groups excluding carboxylic acids is 1. The van der Waals surface area contributed by atoms with Crippen molar-refractivity contribution in [2.24, 2.45) is 0 Å². The Balaban J connectivity index is 1.96. The van der Waals surface area contributed by atoms with Crippen molar-refractivity contribution >= 4 is 23.5 Å². The first kappa shape index (κ1) is 23.6. The van der Waals surface area contributed by atoms with Crippen LogP contribution in [-0.4, -0.2) is 55.1 Å². The lowest BCUT2D eigenvalue weighted by Gasteiger charge is -2.31. The Morgan fingerprint density at radius 3 is 2.44 bits per heavy atom. The highest BCUT2D eigenvalue weighted by molar-refractivity contribution is 8.00. The number of carbonyl (C=O) groups is 1. The molecule has 0 aliphatic heterocycles. The van der Waals surface area contributed by atoms with E-state index >= 15 is 8.78 Å². The summed E-state index contributed by atoms with van der Waals surface area (Å²) in [5.74, 6) is -0.00319. The van der Waals surface area contributed by atoms with Gasteiger partial charge in [0, 0.05) is 30.7 Å². The fraction of sp³-hybridized carbons (Fsp3) is 0.333. The molecule has 0 fully saturated rings. The molecule has 11 heteroatoms. The zero-order valence-electron chi connectivity index (χ0n) is 17.9. The minimum atomic E-state index is -3.75. The second-order valence-corrected chi connectivity index (χ2v) is 8.96. The van der Waals surface area contributed by atoms with Crippen molar-refractivity contribution in [3.05, 3.63) is 54.9 Å². The number of hydrogen-bond acceptors (Lipinski definition) is 8. The second kappa shape index (κ2) is 9.21. The topological polar surface area (TPSA) is 93.4 Å². The summed E-state index contributed by atoms with van der Waals surface area (Å²) in [7, 11) is 1.34. The van der Waals surface area contributed by atoms with E-state index in [0.29, 0.717) is 11.3 Å². The van der Waals surface area contributed by atoms with Crippen molar-refractivity contribution in [3.8, 4) is 11.4 Å². The summed E-state index contributed by atoms with van der Waals surface area (Å²) in [5, 5.41) is 13.9. The number of rotatable bonds is 6. The lowest BCUT2D eigenvalue weighted by Crippen LogP contribution is -2.44. The summed E-state index contributed by atoms with van der Waals surface area (Å²) >= 11 is -0.0835. The van der Waals surface area contributed by atoms with Crippen LogP contribution in [-0.2, 0) is 4.74 Å². The molecule has 32 heavy (non-hydrogen) atoms. The predicted octanol–water partition coefficient (Wildman–Crippen LogP) is 4.26. The number of aliphatic hydroxyl groups is 1. The number of anilines is 1. The maximum absolute atomic E-state index is 15.1. The molecule has 0 amide bonds. The van der Waals surface area contributed by atoms with Crippen LogP contribution >= 0.6 is 11.8 Å². The Morgan fingerprint density at radius 2 is 1.84 bits per heavy atom. The summed E-state index contributed by atoms with van der Waals surface area (Å²) in [6.45, 7) is 4.96. The van der Waals surface area contributed by atoms with Crippen molar-refractivity contribution in [2.45, 2.75) is 43.0 Å². The van der Waals surface area contributed by atoms with Crippen molar-refractivity contribution in [3.63, 3.8) is 0 Å². The third-order valence-electron chi connectivity index (χ3n) is 4.19. The van der Waals surface area contributed by atoms with Crippen LogP contribution in [0.3, 0.4) is 0 Å². The lowest BCUT2D eigenvalue weighted by atomic mass is 10.2. The molecule has 2 aromatic heterocycles. The largest absolute Gasteiger partial charge is 0.443 e. The molecule has 8 nitrogen and oxygen atoms in total. The van der Waals surface area contributed by atoms with Crippen LogP contribution in [0.4, 0.5) is 19.3 Å². The zero-order valence-corrected chi connectivity index (χ0v) is 18.8. The molecule has 3 aromatic rings. The van der Waals surface area contributed by atoms with Gasteiger partial charge in [-0.3, -0.25) is 4.98 Å². The van der Waals surface area contributed by atoms with E-state index in [1.54, 1.807) is 63.2 Å². The Morgan fingerprint density at radius 1 is 1.16 bits per heavy atom. The number of aromatic nitrogens is 4. The minimum absolute atomic E-state index is 0.00319. The van der Waals surface area contributed by atoms with Crippen LogP contribution in [0.15, 0.2) is 60.0 Å². The van der Waals surface area contributed by atoms with Gasteiger partial charge in [0.05, 0.1) is 0 Å². The summed E-state index contributed by atoms with van der Waals surface area (Å²) in [6, 6.07) is 11.5. The molecule has 0 saturated carbocycles. The monoisotopic (exact) mass is 463 g/mol. The average molecular weight is 464 g/mol. The maximum atomic E-state index is 15.1. The first-order valence-electron chi connectivity index (χ1n) is 9.61. The SMILES string of the molecule is CN(c1ccccc1)C(O)C(F)(F)Sc1nnc(-c2cccnc2)n1C(=O)OC(C)(C)C. The highest BCUT2D eigenvalue weighted by Crippen LogP contribution is 2.40. The van der Waals surface area contributed by atoms with Crippen molar-refractivity contribution in [2.75, 3.05) is 11.9 Å². The van der Waals surface area contributed by atoms with Gasteiger partial charge in [0.25, 0.3) is 0 Å². The number of aliphatic hydroxyl groups excluding tert-OH is 1. The van der Waals surface area contributed by atoms with Gasteiger partial charge in [-0.25, -0.2) is 9.36 Å². The van der Waals surface area contributed by atoms with E-state index < -0.39 is 28.3 Å². The van der Waals surface area contributed by atoms with E-state index in [-0.39, 0.29) is 17.6 Å². The van der Waals surface area contributed by atoms with Gasteiger partial charge in [0.15, 0.2) is 5.82 Å². The standard InChI is InChI=1S/C21H23F2N5O3S/c1-20(2,3)31-19(30)28-16(14-9-8-12-24-13-14)25-26-18(28)32-21(22,23)17(29)27(4)15-10-6-5-7-11-15/h5-13,17,29H,1-4H3. The lowest BCUT2D eigenvalue weighted by molar-refractivity contribution is -0.0325. The third kappa shape index (κ3) is 5.40. The molecule has 3 rings (SSSR count). The van der Waals surface area contributed by atoms with Gasteiger partial charge in [-0.1, -0.05) is 18.2 Å². The number of para-hydroxylation sites is 1. The first-order valence-corrected chi connectivity index (χ1v) is 10.4. The Kier molecular flexibility index (Phi) is 6.79. The molecule has 1 unspecified atom stereocenters. The minimum Gasteiger partial charge on any atom is -0.443 e. The molecule has 0 saturated heterocycles. The number of alkyl halides is 2. The highest BCUT2D eigenvalue weighted by atomic mass is 32.2. The third-order valence-corrected chi connectivity index (χ3v) is 5.12. The molecule has 0 aliphatic rings. The van der Waals surface area contributed by atoms with E-state index in [1.807, 2.05) is 0 Å². The van der Waals surface area contributed by atoms with Crippen LogP contribution in [0.25, 0.3) is 11.4 Å². The number of nitrogens with zero attached hydrogens (tertiary/aromatic N) is 5. The van der Waals surface area contributed by atoms with Crippen LogP contribution in [0, 0.1) is 0 Å². The number of hydrogen-bond donors (Lipinski definition) is 1. The molecule has 1 atom stereocenters. The van der Waals surface area contributed by atoms with Crippen LogP contribution in [0.5, 0.6) is 0 Å². The average Bonchev–Trinajstić information content (AvgIpc) is 3.15. The molecule has 0 spiro atoms. The Hall–Kier alpha value is -3.05. The Labute approximate surface area is 188 Å². The number of pyridine rings is 1. The molecule has 0 bridgehead atoms. The van der Waals surface area contributed by atoms with Crippen LogP contribution < -0.4 is 4.90 Å². The summed E-state index contributed by atoms with van der Waals surface area (Å²) in [6.07, 6.45) is -0.182. The van der Waals surface area contributed by atoms with Crippen LogP contribution in [0.2, 0.25) is 0 Å². The van der Waals surface area contributed by atoms with Gasteiger partial charge in [-0.15, -0.1) is 10.2 Å². The van der Waals surface area contributed by atoms with E-state index in [1.165, 1.54) is 19.4 Å². The van der Waals surface area contributed by atoms with Crippen molar-refractivity contribution in [1.29, 1.82) is 0 Å². The van der Waals surface area contributed by atoms with Gasteiger partial charge < -0.3 is 14.7 Å².